The molecule has 0 radical (unpaired) electrons. The second kappa shape index (κ2) is 6.59. The summed E-state index contributed by atoms with van der Waals surface area (Å²) in [5, 5.41) is 0. The SMILES string of the molecule is C[C@@H]1CC(=O)CC[C@H]1C(=O)N(Cc1ccccn1)C(C)(C)C. The van der Waals surface area contributed by atoms with Crippen LogP contribution in [-0.2, 0) is 16.1 Å². The molecule has 2 atom stereocenters. The van der Waals surface area contributed by atoms with Crippen molar-refractivity contribution in [2.75, 3.05) is 0 Å². The van der Waals surface area contributed by atoms with Crippen LogP contribution in [0.25, 0.3) is 0 Å². The molecule has 0 unspecified atom stereocenters. The van der Waals surface area contributed by atoms with Gasteiger partial charge in [-0.15, -0.1) is 0 Å². The quantitative estimate of drug-likeness (QED) is 0.861. The van der Waals surface area contributed by atoms with Crippen molar-refractivity contribution in [3.8, 4) is 0 Å². The lowest BCUT2D eigenvalue weighted by Crippen LogP contribution is -2.49. The topological polar surface area (TPSA) is 50.3 Å². The first-order valence-electron chi connectivity index (χ1n) is 8.02. The number of nitrogens with zero attached hydrogens (tertiary/aromatic N) is 2. The minimum atomic E-state index is -0.268. The van der Waals surface area contributed by atoms with Gasteiger partial charge in [-0.05, 0) is 45.2 Å². The van der Waals surface area contributed by atoms with Crippen molar-refractivity contribution in [3.05, 3.63) is 30.1 Å². The largest absolute Gasteiger partial charge is 0.332 e. The fourth-order valence-electron chi connectivity index (χ4n) is 3.07. The predicted octanol–water partition coefficient (Wildman–Crippen LogP) is 3.21. The highest BCUT2D eigenvalue weighted by molar-refractivity contribution is 5.85. The van der Waals surface area contributed by atoms with E-state index in [2.05, 4.69) is 4.98 Å². The summed E-state index contributed by atoms with van der Waals surface area (Å²) in [5.41, 5.74) is 0.626. The van der Waals surface area contributed by atoms with E-state index in [0.29, 0.717) is 25.8 Å². The van der Waals surface area contributed by atoms with E-state index in [1.807, 2.05) is 50.8 Å². The molecule has 0 saturated heterocycles. The molecule has 1 saturated carbocycles. The van der Waals surface area contributed by atoms with Crippen LogP contribution in [-0.4, -0.2) is 27.1 Å². The van der Waals surface area contributed by atoms with Crippen molar-refractivity contribution >= 4 is 11.7 Å². The molecule has 1 aliphatic rings. The number of hydrogen-bond acceptors (Lipinski definition) is 3. The van der Waals surface area contributed by atoms with E-state index < -0.39 is 0 Å². The highest BCUT2D eigenvalue weighted by atomic mass is 16.2. The number of carbonyl (C=O) groups excluding carboxylic acids is 2. The number of amides is 1. The van der Waals surface area contributed by atoms with Gasteiger partial charge in [0.15, 0.2) is 0 Å². The molecule has 120 valence electrons. The van der Waals surface area contributed by atoms with Gasteiger partial charge >= 0.3 is 0 Å². The molecule has 4 nitrogen and oxygen atoms in total. The number of ketones is 1. The highest BCUT2D eigenvalue weighted by Crippen LogP contribution is 2.31. The van der Waals surface area contributed by atoms with E-state index >= 15 is 0 Å². The Bertz CT molecular complexity index is 534. The molecule has 22 heavy (non-hydrogen) atoms. The fourth-order valence-corrected chi connectivity index (χ4v) is 3.07. The molecule has 1 aromatic heterocycles. The standard InChI is InChI=1S/C18H26N2O2/c1-13-11-15(21)8-9-16(13)17(22)20(18(2,3)4)12-14-7-5-6-10-19-14/h5-7,10,13,16H,8-9,11-12H2,1-4H3/t13-,16-/m1/s1. The average Bonchev–Trinajstić information content (AvgIpc) is 2.44. The summed E-state index contributed by atoms with van der Waals surface area (Å²) in [7, 11) is 0. The van der Waals surface area contributed by atoms with Crippen LogP contribution in [0.5, 0.6) is 0 Å². The maximum absolute atomic E-state index is 13.1. The van der Waals surface area contributed by atoms with Crippen LogP contribution < -0.4 is 0 Å². The van der Waals surface area contributed by atoms with E-state index in [-0.39, 0.29) is 29.1 Å². The van der Waals surface area contributed by atoms with Gasteiger partial charge < -0.3 is 4.90 Å². The molecule has 1 aliphatic carbocycles. The van der Waals surface area contributed by atoms with E-state index in [9.17, 15) is 9.59 Å². The minimum absolute atomic E-state index is 0.0550. The zero-order valence-corrected chi connectivity index (χ0v) is 14.0. The van der Waals surface area contributed by atoms with Crippen LogP contribution in [0.4, 0.5) is 0 Å². The molecule has 1 heterocycles. The van der Waals surface area contributed by atoms with E-state index in [1.165, 1.54) is 0 Å². The van der Waals surface area contributed by atoms with Gasteiger partial charge in [-0.1, -0.05) is 13.0 Å². The smallest absolute Gasteiger partial charge is 0.226 e. The van der Waals surface area contributed by atoms with Gasteiger partial charge in [0, 0.05) is 30.5 Å². The maximum atomic E-state index is 13.1. The molecule has 0 bridgehead atoms. The molecule has 0 N–H and O–H groups in total. The first-order valence-corrected chi connectivity index (χ1v) is 8.02. The van der Waals surface area contributed by atoms with Crippen LogP contribution in [0.2, 0.25) is 0 Å². The third-order valence-electron chi connectivity index (χ3n) is 4.41. The summed E-state index contributed by atoms with van der Waals surface area (Å²) in [5.74, 6) is 0.504. The van der Waals surface area contributed by atoms with Crippen LogP contribution in [0.1, 0.15) is 52.7 Å². The Balaban J connectivity index is 2.18. The molecule has 0 spiro atoms. The first-order chi connectivity index (χ1) is 10.3. The molecule has 1 aromatic rings. The normalized spacial score (nSPS) is 22.5. The van der Waals surface area contributed by atoms with Crippen LogP contribution >= 0.6 is 0 Å². The Kier molecular flexibility index (Phi) is 4.99. The van der Waals surface area contributed by atoms with Crippen molar-refractivity contribution in [2.45, 2.75) is 59.0 Å². The molecule has 1 fully saturated rings. The summed E-state index contributed by atoms with van der Waals surface area (Å²) >= 11 is 0. The molecular formula is C18H26N2O2. The van der Waals surface area contributed by atoms with E-state index in [0.717, 1.165) is 5.69 Å². The summed E-state index contributed by atoms with van der Waals surface area (Å²) in [6, 6.07) is 5.76. The monoisotopic (exact) mass is 302 g/mol. The average molecular weight is 302 g/mol. The third kappa shape index (κ3) is 3.93. The lowest BCUT2D eigenvalue weighted by atomic mass is 9.78. The zero-order chi connectivity index (χ0) is 16.3. The van der Waals surface area contributed by atoms with Gasteiger partial charge in [-0.2, -0.15) is 0 Å². The predicted molar refractivity (Wildman–Crippen MR) is 86.1 cm³/mol. The molecular weight excluding hydrogens is 276 g/mol. The molecule has 2 rings (SSSR count). The van der Waals surface area contributed by atoms with Gasteiger partial charge in [0.05, 0.1) is 12.2 Å². The lowest BCUT2D eigenvalue weighted by Gasteiger charge is -2.40. The number of hydrogen-bond donors (Lipinski definition) is 0. The van der Waals surface area contributed by atoms with Gasteiger partial charge in [0.25, 0.3) is 0 Å². The Morgan fingerprint density at radius 2 is 2.09 bits per heavy atom. The molecule has 0 aromatic carbocycles. The number of rotatable bonds is 3. The van der Waals surface area contributed by atoms with E-state index in [1.54, 1.807) is 6.20 Å². The van der Waals surface area contributed by atoms with Crippen molar-refractivity contribution in [3.63, 3.8) is 0 Å². The van der Waals surface area contributed by atoms with E-state index in [4.69, 9.17) is 0 Å². The van der Waals surface area contributed by atoms with Gasteiger partial charge in [0.2, 0.25) is 5.91 Å². The zero-order valence-electron chi connectivity index (χ0n) is 14.0. The first kappa shape index (κ1) is 16.7. The van der Waals surface area contributed by atoms with Crippen LogP contribution in [0.3, 0.4) is 0 Å². The highest BCUT2D eigenvalue weighted by Gasteiger charge is 2.37. The third-order valence-corrected chi connectivity index (χ3v) is 4.41. The Labute approximate surface area is 132 Å². The Morgan fingerprint density at radius 3 is 2.64 bits per heavy atom. The molecule has 1 amide bonds. The summed E-state index contributed by atoms with van der Waals surface area (Å²) in [6.07, 6.45) is 3.48. The van der Waals surface area contributed by atoms with Crippen molar-refractivity contribution < 1.29 is 9.59 Å². The fraction of sp³-hybridized carbons (Fsp3) is 0.611. The maximum Gasteiger partial charge on any atom is 0.226 e. The summed E-state index contributed by atoms with van der Waals surface area (Å²) in [4.78, 5) is 30.9. The van der Waals surface area contributed by atoms with Crippen molar-refractivity contribution in [2.24, 2.45) is 11.8 Å². The number of aromatic nitrogens is 1. The number of Topliss-reactive ketones (excluding diaryl/α,β-unsaturated/α-hetero) is 1. The number of carbonyl (C=O) groups is 2. The van der Waals surface area contributed by atoms with Crippen LogP contribution in [0.15, 0.2) is 24.4 Å². The summed E-state index contributed by atoms with van der Waals surface area (Å²) < 4.78 is 0. The van der Waals surface area contributed by atoms with Gasteiger partial charge in [-0.3, -0.25) is 14.6 Å². The van der Waals surface area contributed by atoms with Gasteiger partial charge in [0.1, 0.15) is 5.78 Å². The second-order valence-corrected chi connectivity index (χ2v) is 7.28. The van der Waals surface area contributed by atoms with Crippen molar-refractivity contribution in [1.29, 1.82) is 0 Å². The Morgan fingerprint density at radius 1 is 1.36 bits per heavy atom. The minimum Gasteiger partial charge on any atom is -0.332 e. The molecule has 0 aliphatic heterocycles. The number of pyridine rings is 1. The lowest BCUT2D eigenvalue weighted by molar-refractivity contribution is -0.145. The second-order valence-electron chi connectivity index (χ2n) is 7.28. The van der Waals surface area contributed by atoms with Crippen molar-refractivity contribution in [1.82, 2.24) is 9.88 Å². The van der Waals surface area contributed by atoms with Crippen LogP contribution in [0, 0.1) is 11.8 Å². The van der Waals surface area contributed by atoms with Gasteiger partial charge in [-0.25, -0.2) is 0 Å². The summed E-state index contributed by atoms with van der Waals surface area (Å²) in [6.45, 7) is 8.67. The molecule has 4 heteroatoms. The Hall–Kier alpha value is -1.71.